The third kappa shape index (κ3) is 3.57. The van der Waals surface area contributed by atoms with Crippen LogP contribution in [-0.2, 0) is 0 Å². The second kappa shape index (κ2) is 6.35. The van der Waals surface area contributed by atoms with Gasteiger partial charge in [-0.1, -0.05) is 17.7 Å². The number of thioether (sulfide) groups is 1. The van der Waals surface area contributed by atoms with Crippen LogP contribution in [0.15, 0.2) is 24.3 Å². The summed E-state index contributed by atoms with van der Waals surface area (Å²) >= 11 is 8.07. The van der Waals surface area contributed by atoms with Crippen molar-refractivity contribution < 1.29 is 0 Å². The van der Waals surface area contributed by atoms with Gasteiger partial charge >= 0.3 is 0 Å². The largest absolute Gasteiger partial charge is 0.369 e. The fourth-order valence-corrected chi connectivity index (χ4v) is 3.89. The van der Waals surface area contributed by atoms with Crippen LogP contribution in [-0.4, -0.2) is 55.3 Å². The molecule has 2 heterocycles. The van der Waals surface area contributed by atoms with Crippen molar-refractivity contribution in [1.82, 2.24) is 10.2 Å². The molecule has 19 heavy (non-hydrogen) atoms. The number of piperazine rings is 1. The molecule has 3 nitrogen and oxygen atoms in total. The standard InChI is InChI=1S/C14H20ClN3S/c15-12-2-1-3-14(8-12)18-6-4-17(5-7-18)9-13-10-19-11-16-13/h1-3,8,13,16H,4-7,9-11H2. The number of hydrogen-bond donors (Lipinski definition) is 1. The topological polar surface area (TPSA) is 18.5 Å². The van der Waals surface area contributed by atoms with Gasteiger partial charge in [-0.3, -0.25) is 4.90 Å². The summed E-state index contributed by atoms with van der Waals surface area (Å²) in [5, 5.41) is 4.37. The van der Waals surface area contributed by atoms with Gasteiger partial charge in [0.25, 0.3) is 0 Å². The monoisotopic (exact) mass is 297 g/mol. The van der Waals surface area contributed by atoms with E-state index in [2.05, 4.69) is 27.2 Å². The van der Waals surface area contributed by atoms with Gasteiger partial charge in [-0.15, -0.1) is 11.8 Å². The maximum Gasteiger partial charge on any atom is 0.0426 e. The second-order valence-electron chi connectivity index (χ2n) is 5.18. The maximum absolute atomic E-state index is 6.06. The van der Waals surface area contributed by atoms with E-state index in [1.54, 1.807) is 0 Å². The number of nitrogens with one attached hydrogen (secondary N) is 1. The molecule has 0 bridgehead atoms. The van der Waals surface area contributed by atoms with Gasteiger partial charge in [0.1, 0.15) is 0 Å². The molecule has 0 amide bonds. The minimum absolute atomic E-state index is 0.683. The molecule has 0 aromatic heterocycles. The van der Waals surface area contributed by atoms with E-state index in [0.29, 0.717) is 6.04 Å². The van der Waals surface area contributed by atoms with Crippen molar-refractivity contribution in [1.29, 1.82) is 0 Å². The molecular formula is C14H20ClN3S. The van der Waals surface area contributed by atoms with Gasteiger partial charge in [0.2, 0.25) is 0 Å². The van der Waals surface area contributed by atoms with Crippen molar-refractivity contribution >= 4 is 29.1 Å². The van der Waals surface area contributed by atoms with Crippen LogP contribution in [0, 0.1) is 0 Å². The maximum atomic E-state index is 6.06. The smallest absolute Gasteiger partial charge is 0.0426 e. The Morgan fingerprint density at radius 3 is 2.79 bits per heavy atom. The summed E-state index contributed by atoms with van der Waals surface area (Å²) < 4.78 is 0. The number of benzene rings is 1. The summed E-state index contributed by atoms with van der Waals surface area (Å²) in [6.07, 6.45) is 0. The third-order valence-electron chi connectivity index (χ3n) is 3.82. The Kier molecular flexibility index (Phi) is 4.53. The Morgan fingerprint density at radius 1 is 1.26 bits per heavy atom. The van der Waals surface area contributed by atoms with E-state index in [4.69, 9.17) is 11.6 Å². The molecule has 1 N–H and O–H groups in total. The lowest BCUT2D eigenvalue weighted by molar-refractivity contribution is 0.240. The molecule has 2 aliphatic heterocycles. The molecule has 5 heteroatoms. The molecular weight excluding hydrogens is 278 g/mol. The highest BCUT2D eigenvalue weighted by molar-refractivity contribution is 7.99. The van der Waals surface area contributed by atoms with Crippen LogP contribution in [0.5, 0.6) is 0 Å². The minimum Gasteiger partial charge on any atom is -0.369 e. The van der Waals surface area contributed by atoms with Gasteiger partial charge in [-0.05, 0) is 18.2 Å². The summed E-state index contributed by atoms with van der Waals surface area (Å²) in [6, 6.07) is 8.86. The van der Waals surface area contributed by atoms with E-state index in [1.807, 2.05) is 23.9 Å². The zero-order chi connectivity index (χ0) is 13.1. The molecule has 0 spiro atoms. The zero-order valence-corrected chi connectivity index (χ0v) is 12.6. The van der Waals surface area contributed by atoms with E-state index in [0.717, 1.165) is 37.1 Å². The lowest BCUT2D eigenvalue weighted by atomic mass is 10.2. The second-order valence-corrected chi connectivity index (χ2v) is 6.65. The average Bonchev–Trinajstić information content (AvgIpc) is 2.92. The van der Waals surface area contributed by atoms with Crippen LogP contribution in [0.1, 0.15) is 0 Å². The van der Waals surface area contributed by atoms with Crippen LogP contribution in [0.3, 0.4) is 0 Å². The predicted molar refractivity (Wildman–Crippen MR) is 84.4 cm³/mol. The molecule has 1 atom stereocenters. The van der Waals surface area contributed by atoms with Crippen molar-refractivity contribution in [3.8, 4) is 0 Å². The number of anilines is 1. The fraction of sp³-hybridized carbons (Fsp3) is 0.571. The van der Waals surface area contributed by atoms with Gasteiger partial charge in [-0.2, -0.15) is 0 Å². The Bertz CT molecular complexity index is 415. The number of nitrogens with zero attached hydrogens (tertiary/aromatic N) is 2. The lowest BCUT2D eigenvalue weighted by Gasteiger charge is -2.37. The van der Waals surface area contributed by atoms with Crippen molar-refractivity contribution in [2.24, 2.45) is 0 Å². The molecule has 2 aliphatic rings. The number of halogens is 1. The highest BCUT2D eigenvalue weighted by atomic mass is 35.5. The molecule has 3 rings (SSSR count). The predicted octanol–water partition coefficient (Wildman–Crippen LogP) is 2.12. The SMILES string of the molecule is Clc1cccc(N2CCN(CC3CSCN3)CC2)c1. The third-order valence-corrected chi connectivity index (χ3v) is 5.06. The number of hydrogen-bond acceptors (Lipinski definition) is 4. The first-order valence-corrected chi connectivity index (χ1v) is 8.38. The first-order valence-electron chi connectivity index (χ1n) is 6.85. The van der Waals surface area contributed by atoms with Crippen LogP contribution < -0.4 is 10.2 Å². The first-order chi connectivity index (χ1) is 9.31. The average molecular weight is 298 g/mol. The van der Waals surface area contributed by atoms with E-state index in [-0.39, 0.29) is 0 Å². The van der Waals surface area contributed by atoms with Crippen LogP contribution >= 0.6 is 23.4 Å². The van der Waals surface area contributed by atoms with E-state index < -0.39 is 0 Å². The van der Waals surface area contributed by atoms with Gasteiger partial charge in [0.15, 0.2) is 0 Å². The normalized spacial score (nSPS) is 24.9. The van der Waals surface area contributed by atoms with Gasteiger partial charge in [0.05, 0.1) is 0 Å². The molecule has 2 saturated heterocycles. The highest BCUT2D eigenvalue weighted by Gasteiger charge is 2.22. The summed E-state index contributed by atoms with van der Waals surface area (Å²) in [5.74, 6) is 2.38. The highest BCUT2D eigenvalue weighted by Crippen LogP contribution is 2.21. The van der Waals surface area contributed by atoms with E-state index >= 15 is 0 Å². The van der Waals surface area contributed by atoms with E-state index in [1.165, 1.54) is 18.0 Å². The first kappa shape index (κ1) is 13.6. The Balaban J connectivity index is 1.51. The molecule has 0 radical (unpaired) electrons. The molecule has 1 aromatic carbocycles. The van der Waals surface area contributed by atoms with E-state index in [9.17, 15) is 0 Å². The van der Waals surface area contributed by atoms with Gasteiger partial charge < -0.3 is 10.2 Å². The van der Waals surface area contributed by atoms with Crippen molar-refractivity contribution in [3.05, 3.63) is 29.3 Å². The fourth-order valence-electron chi connectivity index (χ4n) is 2.73. The summed E-state index contributed by atoms with van der Waals surface area (Å²) in [7, 11) is 0. The Morgan fingerprint density at radius 2 is 2.11 bits per heavy atom. The number of rotatable bonds is 3. The molecule has 104 valence electrons. The summed E-state index contributed by atoms with van der Waals surface area (Å²) in [4.78, 5) is 5.00. The minimum atomic E-state index is 0.683. The molecule has 1 aromatic rings. The molecule has 0 saturated carbocycles. The van der Waals surface area contributed by atoms with Crippen LogP contribution in [0.4, 0.5) is 5.69 Å². The molecule has 1 unspecified atom stereocenters. The van der Waals surface area contributed by atoms with Crippen molar-refractivity contribution in [3.63, 3.8) is 0 Å². The molecule has 0 aliphatic carbocycles. The van der Waals surface area contributed by atoms with Crippen molar-refractivity contribution in [2.75, 3.05) is 49.3 Å². The van der Waals surface area contributed by atoms with Gasteiger partial charge in [0, 0.05) is 61.1 Å². The quantitative estimate of drug-likeness (QED) is 0.921. The Hall–Kier alpha value is -0.420. The molecule has 2 fully saturated rings. The zero-order valence-electron chi connectivity index (χ0n) is 11.0. The van der Waals surface area contributed by atoms with Crippen LogP contribution in [0.25, 0.3) is 0 Å². The van der Waals surface area contributed by atoms with Crippen molar-refractivity contribution in [2.45, 2.75) is 6.04 Å². The van der Waals surface area contributed by atoms with Gasteiger partial charge in [-0.25, -0.2) is 0 Å². The summed E-state index contributed by atoms with van der Waals surface area (Å²) in [6.45, 7) is 5.68. The Labute approximate surface area is 124 Å². The summed E-state index contributed by atoms with van der Waals surface area (Å²) in [5.41, 5.74) is 1.25. The van der Waals surface area contributed by atoms with Crippen LogP contribution in [0.2, 0.25) is 5.02 Å². The lowest BCUT2D eigenvalue weighted by Crippen LogP contribution is -2.50.